The molecule has 0 radical (unpaired) electrons. The minimum atomic E-state index is -0.200. The maximum atomic E-state index is 12.8. The van der Waals surface area contributed by atoms with Gasteiger partial charge in [-0.05, 0) is 31.9 Å². The average Bonchev–Trinajstić information content (AvgIpc) is 2.64. The molecule has 1 aliphatic heterocycles. The molecule has 0 bridgehead atoms. The number of aryl methyl sites for hydroxylation is 1. The fourth-order valence-electron chi connectivity index (χ4n) is 3.29. The number of amides is 1. The highest BCUT2D eigenvalue weighted by Gasteiger charge is 2.20. The Morgan fingerprint density at radius 3 is 2.77 bits per heavy atom. The van der Waals surface area contributed by atoms with E-state index in [1.54, 1.807) is 12.1 Å². The van der Waals surface area contributed by atoms with Gasteiger partial charge in [-0.3, -0.25) is 9.59 Å². The quantitative estimate of drug-likeness (QED) is 0.757. The number of benzene rings is 1. The number of nitrogens with zero attached hydrogens (tertiary/aromatic N) is 2. The van der Waals surface area contributed by atoms with Crippen molar-refractivity contribution < 1.29 is 4.79 Å². The van der Waals surface area contributed by atoms with Crippen molar-refractivity contribution in [3.63, 3.8) is 0 Å². The first-order valence-corrected chi connectivity index (χ1v) is 9.22. The third kappa shape index (κ3) is 4.62. The molecule has 3 rings (SSSR count). The lowest BCUT2D eigenvalue weighted by Crippen LogP contribution is -2.46. The van der Waals surface area contributed by atoms with Gasteiger partial charge in [0.1, 0.15) is 0 Å². The molecule has 0 aliphatic carbocycles. The highest BCUT2D eigenvalue weighted by molar-refractivity contribution is 6.04. The third-order valence-electron chi connectivity index (χ3n) is 4.69. The van der Waals surface area contributed by atoms with Gasteiger partial charge < -0.3 is 10.6 Å². The standard InChI is InChI=1S/C19H26N4O2.ClH/c1-2-3-6-12-23-19(25)16-10-5-4-9-15(16)17(22-23)18(24)21-14-8-7-11-20-13-14;/h4-5,9-10,14,20H,2-3,6-8,11-13H2,1H3,(H,21,24);1H. The van der Waals surface area contributed by atoms with Gasteiger partial charge in [0.2, 0.25) is 0 Å². The summed E-state index contributed by atoms with van der Waals surface area (Å²) in [4.78, 5) is 25.4. The fourth-order valence-corrected chi connectivity index (χ4v) is 3.29. The molecule has 1 aliphatic rings. The summed E-state index contributed by atoms with van der Waals surface area (Å²) in [6.45, 7) is 4.44. The molecule has 1 aromatic carbocycles. The van der Waals surface area contributed by atoms with Crippen LogP contribution in [-0.4, -0.2) is 34.8 Å². The van der Waals surface area contributed by atoms with E-state index < -0.39 is 0 Å². The summed E-state index contributed by atoms with van der Waals surface area (Å²) in [5, 5.41) is 11.9. The predicted molar refractivity (Wildman–Crippen MR) is 106 cm³/mol. The van der Waals surface area contributed by atoms with E-state index in [-0.39, 0.29) is 29.9 Å². The van der Waals surface area contributed by atoms with Crippen molar-refractivity contribution in [1.29, 1.82) is 0 Å². The minimum Gasteiger partial charge on any atom is -0.347 e. The second-order valence-electron chi connectivity index (χ2n) is 6.65. The molecular weight excluding hydrogens is 352 g/mol. The molecule has 2 heterocycles. The van der Waals surface area contributed by atoms with Gasteiger partial charge in [-0.15, -0.1) is 12.4 Å². The van der Waals surface area contributed by atoms with Crippen LogP contribution in [0.2, 0.25) is 0 Å². The van der Waals surface area contributed by atoms with Crippen LogP contribution >= 0.6 is 12.4 Å². The Morgan fingerprint density at radius 1 is 1.31 bits per heavy atom. The fraction of sp³-hybridized carbons (Fsp3) is 0.526. The largest absolute Gasteiger partial charge is 0.347 e. The summed E-state index contributed by atoms with van der Waals surface area (Å²) in [5.41, 5.74) is 0.222. The van der Waals surface area contributed by atoms with Crippen LogP contribution < -0.4 is 16.2 Å². The number of unbranched alkanes of at least 4 members (excludes halogenated alkanes) is 2. The number of carbonyl (C=O) groups is 1. The first-order valence-electron chi connectivity index (χ1n) is 9.22. The van der Waals surface area contributed by atoms with Crippen LogP contribution in [0.4, 0.5) is 0 Å². The van der Waals surface area contributed by atoms with Gasteiger partial charge in [0, 0.05) is 24.5 Å². The van der Waals surface area contributed by atoms with E-state index in [9.17, 15) is 9.59 Å². The third-order valence-corrected chi connectivity index (χ3v) is 4.69. The van der Waals surface area contributed by atoms with E-state index in [2.05, 4.69) is 22.7 Å². The normalized spacial score (nSPS) is 16.9. The average molecular weight is 379 g/mol. The molecule has 2 aromatic rings. The highest BCUT2D eigenvalue weighted by Crippen LogP contribution is 2.14. The van der Waals surface area contributed by atoms with Gasteiger partial charge in [0.25, 0.3) is 11.5 Å². The molecule has 1 unspecified atom stereocenters. The zero-order valence-electron chi connectivity index (χ0n) is 15.2. The predicted octanol–water partition coefficient (Wildman–Crippen LogP) is 2.49. The summed E-state index contributed by atoms with van der Waals surface area (Å²) in [6.07, 6.45) is 5.01. The van der Waals surface area contributed by atoms with Gasteiger partial charge in [0.15, 0.2) is 5.69 Å². The molecule has 26 heavy (non-hydrogen) atoms. The lowest BCUT2D eigenvalue weighted by atomic mass is 10.1. The van der Waals surface area contributed by atoms with E-state index in [1.807, 2.05) is 12.1 Å². The number of piperidine rings is 1. The van der Waals surface area contributed by atoms with Crippen molar-refractivity contribution in [3.8, 4) is 0 Å². The number of hydrogen-bond acceptors (Lipinski definition) is 4. The number of fused-ring (bicyclic) bond motifs is 1. The van der Waals surface area contributed by atoms with Crippen LogP contribution in [0.3, 0.4) is 0 Å². The van der Waals surface area contributed by atoms with Crippen LogP contribution in [-0.2, 0) is 6.54 Å². The SMILES string of the molecule is CCCCCn1nc(C(=O)NC2CCCNC2)c2ccccc2c1=O.Cl. The van der Waals surface area contributed by atoms with Gasteiger partial charge in [-0.2, -0.15) is 5.10 Å². The van der Waals surface area contributed by atoms with Gasteiger partial charge >= 0.3 is 0 Å². The summed E-state index contributed by atoms with van der Waals surface area (Å²) in [7, 11) is 0. The Morgan fingerprint density at radius 2 is 2.08 bits per heavy atom. The van der Waals surface area contributed by atoms with Gasteiger partial charge in [-0.25, -0.2) is 4.68 Å². The molecule has 1 atom stereocenters. The Labute approximate surface area is 159 Å². The Balaban J connectivity index is 0.00000243. The van der Waals surface area contributed by atoms with Gasteiger partial charge in [0.05, 0.1) is 5.39 Å². The number of aromatic nitrogens is 2. The molecular formula is C19H27ClN4O2. The summed E-state index contributed by atoms with van der Waals surface area (Å²) < 4.78 is 1.45. The van der Waals surface area contributed by atoms with Crippen molar-refractivity contribution in [2.75, 3.05) is 13.1 Å². The van der Waals surface area contributed by atoms with Crippen LogP contribution in [0.15, 0.2) is 29.1 Å². The van der Waals surface area contributed by atoms with Crippen molar-refractivity contribution in [1.82, 2.24) is 20.4 Å². The molecule has 1 aromatic heterocycles. The molecule has 1 amide bonds. The smallest absolute Gasteiger partial charge is 0.274 e. The lowest BCUT2D eigenvalue weighted by molar-refractivity contribution is 0.0925. The molecule has 0 spiro atoms. The van der Waals surface area contributed by atoms with Crippen LogP contribution in [0.5, 0.6) is 0 Å². The zero-order chi connectivity index (χ0) is 17.6. The first kappa shape index (κ1) is 20.4. The molecule has 1 fully saturated rings. The topological polar surface area (TPSA) is 76.0 Å². The van der Waals surface area contributed by atoms with E-state index in [4.69, 9.17) is 0 Å². The molecule has 7 heteroatoms. The van der Waals surface area contributed by atoms with Crippen LogP contribution in [0, 0.1) is 0 Å². The Bertz CT molecular complexity index is 800. The van der Waals surface area contributed by atoms with E-state index in [0.29, 0.717) is 23.0 Å². The van der Waals surface area contributed by atoms with E-state index >= 15 is 0 Å². The number of carbonyl (C=O) groups excluding carboxylic acids is 1. The van der Waals surface area contributed by atoms with E-state index in [1.165, 1.54) is 4.68 Å². The van der Waals surface area contributed by atoms with Crippen molar-refractivity contribution in [2.45, 2.75) is 51.6 Å². The highest BCUT2D eigenvalue weighted by atomic mass is 35.5. The van der Waals surface area contributed by atoms with Gasteiger partial charge in [-0.1, -0.05) is 38.0 Å². The lowest BCUT2D eigenvalue weighted by Gasteiger charge is -2.24. The minimum absolute atomic E-state index is 0. The molecule has 142 valence electrons. The maximum Gasteiger partial charge on any atom is 0.274 e. The summed E-state index contributed by atoms with van der Waals surface area (Å²) >= 11 is 0. The molecule has 6 nitrogen and oxygen atoms in total. The number of nitrogens with one attached hydrogen (secondary N) is 2. The first-order chi connectivity index (χ1) is 12.2. The van der Waals surface area contributed by atoms with Crippen molar-refractivity contribution in [3.05, 3.63) is 40.3 Å². The van der Waals surface area contributed by atoms with Crippen molar-refractivity contribution >= 4 is 29.1 Å². The monoisotopic (exact) mass is 378 g/mol. The Hall–Kier alpha value is -1.92. The van der Waals surface area contributed by atoms with Crippen LogP contribution in [0.1, 0.15) is 49.5 Å². The summed E-state index contributed by atoms with van der Waals surface area (Å²) in [5.74, 6) is -0.200. The van der Waals surface area contributed by atoms with Crippen molar-refractivity contribution in [2.24, 2.45) is 0 Å². The van der Waals surface area contributed by atoms with Crippen LogP contribution in [0.25, 0.3) is 10.8 Å². The zero-order valence-corrected chi connectivity index (χ0v) is 16.0. The second-order valence-corrected chi connectivity index (χ2v) is 6.65. The Kier molecular flexibility index (Phi) is 7.60. The number of rotatable bonds is 6. The molecule has 0 saturated carbocycles. The molecule has 2 N–H and O–H groups in total. The number of hydrogen-bond donors (Lipinski definition) is 2. The summed E-state index contributed by atoms with van der Waals surface area (Å²) in [6, 6.07) is 7.35. The maximum absolute atomic E-state index is 12.8. The van der Waals surface area contributed by atoms with E-state index in [0.717, 1.165) is 45.2 Å². The number of halogens is 1. The molecule has 1 saturated heterocycles. The second kappa shape index (κ2) is 9.69.